The van der Waals surface area contributed by atoms with Gasteiger partial charge in [0.25, 0.3) is 0 Å². The van der Waals surface area contributed by atoms with Crippen molar-refractivity contribution in [2.75, 3.05) is 32.8 Å². The Morgan fingerprint density at radius 1 is 1.07 bits per heavy atom. The Bertz CT molecular complexity index is 585. The number of carbonyl (C=O) groups is 1. The van der Waals surface area contributed by atoms with Crippen LogP contribution >= 0.6 is 0 Å². The monoisotopic (exact) mass is 517 g/mol. The number of benzene rings is 1. The van der Waals surface area contributed by atoms with Crippen molar-refractivity contribution in [3.63, 3.8) is 0 Å². The Labute approximate surface area is 194 Å². The summed E-state index contributed by atoms with van der Waals surface area (Å²) in [6.07, 6.45) is 7.07. The van der Waals surface area contributed by atoms with Crippen molar-refractivity contribution < 1.29 is 43.1 Å². The Balaban J connectivity index is 0.00000420. The molecule has 166 valence electrons. The number of hydrogen-bond acceptors (Lipinski definition) is 3. The normalized spacial score (nSPS) is 17.2. The minimum atomic E-state index is -1.52. The van der Waals surface area contributed by atoms with Crippen molar-refractivity contribution in [2.24, 2.45) is 5.92 Å². The van der Waals surface area contributed by atoms with Gasteiger partial charge >= 0.3 is 5.97 Å². The smallest absolute Gasteiger partial charge is 0.343 e. The Kier molecular flexibility index (Phi) is 11.7. The first-order valence-corrected chi connectivity index (χ1v) is 11.3. The maximum atomic E-state index is 13.1. The highest BCUT2D eigenvalue weighted by Crippen LogP contribution is 2.40. The van der Waals surface area contributed by atoms with Crippen LogP contribution in [0.3, 0.4) is 0 Å². The van der Waals surface area contributed by atoms with E-state index in [0.717, 1.165) is 69.2 Å². The Morgan fingerprint density at radius 3 is 2.24 bits per heavy atom. The summed E-state index contributed by atoms with van der Waals surface area (Å²) in [5, 5.41) is 11.5. The van der Waals surface area contributed by atoms with Gasteiger partial charge < -0.3 is 38.3 Å². The van der Waals surface area contributed by atoms with E-state index in [1.165, 1.54) is 6.42 Å². The molecule has 1 aromatic rings. The van der Waals surface area contributed by atoms with Crippen LogP contribution in [0.4, 0.5) is 0 Å². The third-order valence-corrected chi connectivity index (χ3v) is 6.77. The molecule has 0 spiro atoms. The van der Waals surface area contributed by atoms with E-state index in [9.17, 15) is 9.90 Å². The van der Waals surface area contributed by atoms with Crippen LogP contribution < -0.4 is 24.0 Å². The van der Waals surface area contributed by atoms with E-state index in [1.54, 1.807) is 0 Å². The molecular formula is C24H40INO3. The van der Waals surface area contributed by atoms with Gasteiger partial charge in [-0.25, -0.2) is 4.79 Å². The first-order valence-electron chi connectivity index (χ1n) is 11.3. The van der Waals surface area contributed by atoms with Crippen molar-refractivity contribution >= 4 is 5.97 Å². The number of rotatable bonds is 11. The summed E-state index contributed by atoms with van der Waals surface area (Å²) in [5.74, 6) is -0.524. The number of halogens is 1. The lowest BCUT2D eigenvalue weighted by Gasteiger charge is -2.38. The van der Waals surface area contributed by atoms with Gasteiger partial charge in [0.2, 0.25) is 0 Å². The molecule has 1 atom stereocenters. The Hall–Kier alpha value is -0.660. The average molecular weight is 517 g/mol. The second kappa shape index (κ2) is 12.9. The van der Waals surface area contributed by atoms with Crippen LogP contribution in [0, 0.1) is 5.92 Å². The van der Waals surface area contributed by atoms with E-state index >= 15 is 0 Å². The van der Waals surface area contributed by atoms with Crippen LogP contribution in [0.2, 0.25) is 0 Å². The number of ether oxygens (including phenoxy) is 1. The fraction of sp³-hybridized carbons (Fsp3) is 0.708. The molecule has 1 saturated carbocycles. The second-order valence-electron chi connectivity index (χ2n) is 8.38. The first-order chi connectivity index (χ1) is 13.5. The van der Waals surface area contributed by atoms with Crippen molar-refractivity contribution in [1.82, 2.24) is 0 Å². The predicted molar refractivity (Wildman–Crippen MR) is 114 cm³/mol. The maximum Gasteiger partial charge on any atom is 0.343 e. The van der Waals surface area contributed by atoms with Crippen molar-refractivity contribution in [2.45, 2.75) is 71.3 Å². The van der Waals surface area contributed by atoms with Crippen LogP contribution in [0.25, 0.3) is 0 Å². The summed E-state index contributed by atoms with van der Waals surface area (Å²) in [6, 6.07) is 9.39. The molecule has 0 heterocycles. The van der Waals surface area contributed by atoms with Gasteiger partial charge in [0.1, 0.15) is 0 Å². The first kappa shape index (κ1) is 26.4. The van der Waals surface area contributed by atoms with Gasteiger partial charge in [-0.15, -0.1) is 0 Å². The minimum absolute atomic E-state index is 0. The third-order valence-electron chi connectivity index (χ3n) is 6.77. The number of quaternary nitrogens is 1. The largest absolute Gasteiger partial charge is 1.00 e. The quantitative estimate of drug-likeness (QED) is 0.210. The van der Waals surface area contributed by atoms with Crippen molar-refractivity contribution in [3.05, 3.63) is 35.9 Å². The van der Waals surface area contributed by atoms with Crippen LogP contribution in [-0.2, 0) is 15.1 Å². The maximum absolute atomic E-state index is 13.1. The zero-order valence-electron chi connectivity index (χ0n) is 18.5. The molecule has 0 radical (unpaired) electrons. The van der Waals surface area contributed by atoms with Gasteiger partial charge in [-0.2, -0.15) is 0 Å². The van der Waals surface area contributed by atoms with Gasteiger partial charge in [0, 0.05) is 12.3 Å². The van der Waals surface area contributed by atoms with E-state index in [4.69, 9.17) is 4.74 Å². The molecule has 2 rings (SSSR count). The van der Waals surface area contributed by atoms with E-state index in [2.05, 4.69) is 20.8 Å². The summed E-state index contributed by atoms with van der Waals surface area (Å²) in [6.45, 7) is 11.5. The van der Waals surface area contributed by atoms with Crippen LogP contribution in [-0.4, -0.2) is 48.3 Å². The van der Waals surface area contributed by atoms with Crippen molar-refractivity contribution in [1.29, 1.82) is 0 Å². The minimum Gasteiger partial charge on any atom is -1.00 e. The molecule has 1 N–H and O–H groups in total. The average Bonchev–Trinajstić information content (AvgIpc) is 2.76. The molecule has 4 nitrogen and oxygen atoms in total. The lowest BCUT2D eigenvalue weighted by atomic mass is 9.73. The van der Waals surface area contributed by atoms with Crippen molar-refractivity contribution in [3.8, 4) is 0 Å². The standard InChI is InChI=1S/C24H40NO3.HI/c1-4-18-25(5-2,6-3)19-13-20-28-23(26)24(27,21-14-9-7-10-15-21)22-16-11-8-12-17-22;/h7,9-10,14-15,22,27H,4-6,8,11-13,16-20H2,1-3H3;1H/q+1;/p-1. The number of nitrogens with zero attached hydrogens (tertiary/aromatic N) is 1. The van der Waals surface area contributed by atoms with Gasteiger partial charge in [-0.05, 0) is 38.7 Å². The lowest BCUT2D eigenvalue weighted by molar-refractivity contribution is -0.925. The molecule has 0 saturated heterocycles. The molecule has 0 aromatic heterocycles. The Morgan fingerprint density at radius 2 is 1.69 bits per heavy atom. The van der Waals surface area contributed by atoms with E-state index in [-0.39, 0.29) is 29.9 Å². The molecular weight excluding hydrogens is 477 g/mol. The summed E-state index contributed by atoms with van der Waals surface area (Å²) < 4.78 is 6.75. The predicted octanol–water partition coefficient (Wildman–Crippen LogP) is 1.66. The lowest BCUT2D eigenvalue weighted by Crippen LogP contribution is -3.00. The topological polar surface area (TPSA) is 46.5 Å². The molecule has 0 amide bonds. The molecule has 29 heavy (non-hydrogen) atoms. The van der Waals surface area contributed by atoms with E-state index in [1.807, 2.05) is 30.3 Å². The highest BCUT2D eigenvalue weighted by molar-refractivity contribution is 5.81. The third kappa shape index (κ3) is 6.66. The van der Waals surface area contributed by atoms with Gasteiger partial charge in [0.05, 0.1) is 32.8 Å². The molecule has 1 fully saturated rings. The molecule has 5 heteroatoms. The highest BCUT2D eigenvalue weighted by Gasteiger charge is 2.47. The molecule has 1 aliphatic rings. The number of esters is 1. The summed E-state index contributed by atoms with van der Waals surface area (Å²) in [7, 11) is 0. The molecule has 0 bridgehead atoms. The summed E-state index contributed by atoms with van der Waals surface area (Å²) >= 11 is 0. The van der Waals surface area contributed by atoms with Crippen LogP contribution in [0.1, 0.15) is 71.3 Å². The zero-order valence-corrected chi connectivity index (χ0v) is 20.7. The number of carbonyl (C=O) groups excluding carboxylic acids is 1. The molecule has 1 aromatic carbocycles. The zero-order chi connectivity index (χ0) is 20.5. The van der Waals surface area contributed by atoms with Crippen LogP contribution in [0.5, 0.6) is 0 Å². The highest BCUT2D eigenvalue weighted by atomic mass is 127. The van der Waals surface area contributed by atoms with E-state index < -0.39 is 11.6 Å². The second-order valence-corrected chi connectivity index (χ2v) is 8.38. The fourth-order valence-electron chi connectivity index (χ4n) is 4.85. The number of aliphatic hydroxyl groups is 1. The molecule has 0 aliphatic heterocycles. The van der Waals surface area contributed by atoms with Gasteiger partial charge in [-0.3, -0.25) is 0 Å². The SMILES string of the molecule is CCC[N+](CC)(CC)CCCOC(=O)C(O)(c1ccccc1)C1CCCCC1.[I-]. The van der Waals surface area contributed by atoms with Gasteiger partial charge in [0.15, 0.2) is 5.60 Å². The summed E-state index contributed by atoms with van der Waals surface area (Å²) in [5.41, 5.74) is -0.850. The number of hydrogen-bond donors (Lipinski definition) is 1. The molecule has 1 aliphatic carbocycles. The summed E-state index contributed by atoms with van der Waals surface area (Å²) in [4.78, 5) is 13.1. The van der Waals surface area contributed by atoms with E-state index in [0.29, 0.717) is 12.2 Å². The van der Waals surface area contributed by atoms with Gasteiger partial charge in [-0.1, -0.05) is 56.5 Å². The fourth-order valence-corrected chi connectivity index (χ4v) is 4.85. The van der Waals surface area contributed by atoms with Crippen LogP contribution in [0.15, 0.2) is 30.3 Å². The molecule has 1 unspecified atom stereocenters.